The third-order valence-corrected chi connectivity index (χ3v) is 6.15. The standard InChI is InChI=1S/C21H29ClN4/c1-16-15-25(13-14-26(16)18-10-8-17(22)9-11-18)12-4-7-21-19-5-2-3-6-20(19)23-24-21/h8-11,16H,2-7,12-15H2,1H3,(H,23,24). The smallest absolute Gasteiger partial charge is 0.0657 e. The van der Waals surface area contributed by atoms with Crippen LogP contribution < -0.4 is 4.90 Å². The van der Waals surface area contributed by atoms with E-state index in [1.54, 1.807) is 0 Å². The van der Waals surface area contributed by atoms with E-state index in [2.05, 4.69) is 39.1 Å². The van der Waals surface area contributed by atoms with Crippen LogP contribution in [-0.2, 0) is 19.3 Å². The molecule has 1 aliphatic carbocycles. The molecule has 1 aromatic heterocycles. The molecule has 140 valence electrons. The minimum Gasteiger partial charge on any atom is -0.366 e. The Kier molecular flexibility index (Phi) is 5.51. The summed E-state index contributed by atoms with van der Waals surface area (Å²) in [5.74, 6) is 0. The molecule has 26 heavy (non-hydrogen) atoms. The number of rotatable bonds is 5. The molecule has 5 heteroatoms. The number of aromatic nitrogens is 2. The van der Waals surface area contributed by atoms with Gasteiger partial charge in [0.1, 0.15) is 0 Å². The van der Waals surface area contributed by atoms with E-state index in [1.165, 1.54) is 61.3 Å². The Labute approximate surface area is 161 Å². The van der Waals surface area contributed by atoms with E-state index in [9.17, 15) is 0 Å². The first kappa shape index (κ1) is 17.9. The van der Waals surface area contributed by atoms with Crippen molar-refractivity contribution in [2.75, 3.05) is 31.1 Å². The van der Waals surface area contributed by atoms with E-state index in [0.29, 0.717) is 6.04 Å². The SMILES string of the molecule is CC1CN(CCCc2n[nH]c3c2CCCC3)CCN1c1ccc(Cl)cc1. The van der Waals surface area contributed by atoms with Crippen molar-refractivity contribution in [2.45, 2.75) is 51.5 Å². The van der Waals surface area contributed by atoms with Crippen molar-refractivity contribution in [1.82, 2.24) is 15.1 Å². The van der Waals surface area contributed by atoms with Gasteiger partial charge in [-0.25, -0.2) is 0 Å². The Morgan fingerprint density at radius 1 is 1.15 bits per heavy atom. The molecular formula is C21H29ClN4. The van der Waals surface area contributed by atoms with E-state index in [4.69, 9.17) is 11.6 Å². The third kappa shape index (κ3) is 3.91. The number of halogens is 1. The van der Waals surface area contributed by atoms with Crippen molar-refractivity contribution in [3.05, 3.63) is 46.2 Å². The van der Waals surface area contributed by atoms with Gasteiger partial charge in [0.15, 0.2) is 0 Å². The van der Waals surface area contributed by atoms with Gasteiger partial charge in [-0.2, -0.15) is 5.10 Å². The Morgan fingerprint density at radius 3 is 2.77 bits per heavy atom. The van der Waals surface area contributed by atoms with Crippen LogP contribution >= 0.6 is 11.6 Å². The Morgan fingerprint density at radius 2 is 1.96 bits per heavy atom. The van der Waals surface area contributed by atoms with Gasteiger partial charge in [-0.15, -0.1) is 0 Å². The molecule has 0 amide bonds. The van der Waals surface area contributed by atoms with Crippen LogP contribution in [0.1, 0.15) is 43.1 Å². The van der Waals surface area contributed by atoms with Crippen LogP contribution in [-0.4, -0.2) is 47.3 Å². The number of aryl methyl sites for hydroxylation is 2. The van der Waals surface area contributed by atoms with Crippen molar-refractivity contribution in [2.24, 2.45) is 0 Å². The lowest BCUT2D eigenvalue weighted by atomic mass is 9.94. The first-order valence-electron chi connectivity index (χ1n) is 10.0. The second-order valence-corrected chi connectivity index (χ2v) is 8.19. The van der Waals surface area contributed by atoms with Crippen LogP contribution in [0.5, 0.6) is 0 Å². The zero-order chi connectivity index (χ0) is 17.9. The maximum absolute atomic E-state index is 6.02. The summed E-state index contributed by atoms with van der Waals surface area (Å²) in [7, 11) is 0. The van der Waals surface area contributed by atoms with Gasteiger partial charge in [0.05, 0.1) is 5.69 Å². The minimum absolute atomic E-state index is 0.531. The summed E-state index contributed by atoms with van der Waals surface area (Å²) < 4.78 is 0. The molecule has 1 aromatic carbocycles. The third-order valence-electron chi connectivity index (χ3n) is 5.90. The van der Waals surface area contributed by atoms with Crippen LogP contribution in [0.25, 0.3) is 0 Å². The number of hydrogen-bond donors (Lipinski definition) is 1. The number of anilines is 1. The van der Waals surface area contributed by atoms with Crippen molar-refractivity contribution >= 4 is 17.3 Å². The molecule has 1 saturated heterocycles. The highest BCUT2D eigenvalue weighted by Crippen LogP contribution is 2.24. The lowest BCUT2D eigenvalue weighted by Gasteiger charge is -2.41. The number of piperazine rings is 1. The van der Waals surface area contributed by atoms with Gasteiger partial charge in [-0.3, -0.25) is 10.00 Å². The van der Waals surface area contributed by atoms with Crippen LogP contribution in [0.15, 0.2) is 24.3 Å². The predicted molar refractivity (Wildman–Crippen MR) is 108 cm³/mol. The largest absolute Gasteiger partial charge is 0.366 e. The molecule has 4 nitrogen and oxygen atoms in total. The molecular weight excluding hydrogens is 344 g/mol. The van der Waals surface area contributed by atoms with E-state index in [-0.39, 0.29) is 0 Å². The topological polar surface area (TPSA) is 35.2 Å². The molecule has 2 aromatic rings. The maximum atomic E-state index is 6.02. The lowest BCUT2D eigenvalue weighted by molar-refractivity contribution is 0.226. The number of nitrogens with zero attached hydrogens (tertiary/aromatic N) is 3. The second kappa shape index (κ2) is 8.01. The van der Waals surface area contributed by atoms with Gasteiger partial charge in [-0.05, 0) is 81.8 Å². The molecule has 0 radical (unpaired) electrons. The maximum Gasteiger partial charge on any atom is 0.0657 e. The summed E-state index contributed by atoms with van der Waals surface area (Å²) in [5, 5.41) is 8.67. The Hall–Kier alpha value is -1.52. The summed E-state index contributed by atoms with van der Waals surface area (Å²) in [6.45, 7) is 6.83. The molecule has 0 spiro atoms. The van der Waals surface area contributed by atoms with Gasteiger partial charge in [0.2, 0.25) is 0 Å². The number of benzene rings is 1. The summed E-state index contributed by atoms with van der Waals surface area (Å²) in [6.07, 6.45) is 7.35. The van der Waals surface area contributed by atoms with Gasteiger partial charge in [0.25, 0.3) is 0 Å². The number of nitrogens with one attached hydrogen (secondary N) is 1. The highest BCUT2D eigenvalue weighted by atomic mass is 35.5. The van der Waals surface area contributed by atoms with Crippen LogP contribution in [0.2, 0.25) is 5.02 Å². The molecule has 1 unspecified atom stereocenters. The Balaban J connectivity index is 1.27. The van der Waals surface area contributed by atoms with Crippen molar-refractivity contribution in [3.8, 4) is 0 Å². The average Bonchev–Trinajstić information content (AvgIpc) is 3.06. The van der Waals surface area contributed by atoms with E-state index >= 15 is 0 Å². The quantitative estimate of drug-likeness (QED) is 0.858. The predicted octanol–water partition coefficient (Wildman–Crippen LogP) is 4.09. The average molecular weight is 373 g/mol. The van der Waals surface area contributed by atoms with Gasteiger partial charge >= 0.3 is 0 Å². The minimum atomic E-state index is 0.531. The highest BCUT2D eigenvalue weighted by molar-refractivity contribution is 6.30. The lowest BCUT2D eigenvalue weighted by Crippen LogP contribution is -2.52. The molecule has 2 aliphatic rings. The van der Waals surface area contributed by atoms with Crippen LogP contribution in [0.3, 0.4) is 0 Å². The summed E-state index contributed by atoms with van der Waals surface area (Å²) >= 11 is 6.02. The molecule has 0 saturated carbocycles. The summed E-state index contributed by atoms with van der Waals surface area (Å²) in [4.78, 5) is 5.10. The summed E-state index contributed by atoms with van der Waals surface area (Å²) in [6, 6.07) is 8.77. The molecule has 4 rings (SSSR count). The second-order valence-electron chi connectivity index (χ2n) is 7.76. The number of aromatic amines is 1. The normalized spacial score (nSPS) is 21.0. The zero-order valence-electron chi connectivity index (χ0n) is 15.7. The number of fused-ring (bicyclic) bond motifs is 1. The van der Waals surface area contributed by atoms with Crippen molar-refractivity contribution in [3.63, 3.8) is 0 Å². The molecule has 2 heterocycles. The van der Waals surface area contributed by atoms with Crippen molar-refractivity contribution in [1.29, 1.82) is 0 Å². The fraction of sp³-hybridized carbons (Fsp3) is 0.571. The van der Waals surface area contributed by atoms with E-state index < -0.39 is 0 Å². The summed E-state index contributed by atoms with van der Waals surface area (Å²) in [5.41, 5.74) is 5.53. The number of H-pyrrole nitrogens is 1. The zero-order valence-corrected chi connectivity index (χ0v) is 16.4. The van der Waals surface area contributed by atoms with Crippen LogP contribution in [0, 0.1) is 0 Å². The van der Waals surface area contributed by atoms with E-state index in [1.807, 2.05) is 12.1 Å². The fourth-order valence-electron chi connectivity index (χ4n) is 4.48. The molecule has 1 N–H and O–H groups in total. The van der Waals surface area contributed by atoms with Crippen LogP contribution in [0.4, 0.5) is 5.69 Å². The first-order valence-corrected chi connectivity index (χ1v) is 10.4. The monoisotopic (exact) mass is 372 g/mol. The molecule has 1 atom stereocenters. The highest BCUT2D eigenvalue weighted by Gasteiger charge is 2.24. The van der Waals surface area contributed by atoms with E-state index in [0.717, 1.165) is 31.1 Å². The number of hydrogen-bond acceptors (Lipinski definition) is 3. The van der Waals surface area contributed by atoms with Gasteiger partial charge in [0, 0.05) is 42.1 Å². The molecule has 0 bridgehead atoms. The fourth-order valence-corrected chi connectivity index (χ4v) is 4.60. The Bertz CT molecular complexity index is 724. The van der Waals surface area contributed by atoms with Crippen molar-refractivity contribution < 1.29 is 0 Å². The molecule has 1 aliphatic heterocycles. The van der Waals surface area contributed by atoms with Gasteiger partial charge in [-0.1, -0.05) is 11.6 Å². The molecule has 1 fully saturated rings. The van der Waals surface area contributed by atoms with Gasteiger partial charge < -0.3 is 4.90 Å². The first-order chi connectivity index (χ1) is 12.7.